The van der Waals surface area contributed by atoms with Gasteiger partial charge in [0, 0.05) is 32.4 Å². The van der Waals surface area contributed by atoms with Crippen molar-refractivity contribution in [3.05, 3.63) is 54.2 Å². The average Bonchev–Trinajstić information content (AvgIpc) is 2.65. The molecule has 1 aliphatic rings. The summed E-state index contributed by atoms with van der Waals surface area (Å²) in [5.74, 6) is 0.808. The van der Waals surface area contributed by atoms with Crippen LogP contribution in [-0.4, -0.2) is 47.2 Å². The Hall–Kier alpha value is -2.47. The third-order valence-corrected chi connectivity index (χ3v) is 4.29. The van der Waals surface area contributed by atoms with Gasteiger partial charge in [-0.05, 0) is 30.5 Å². The highest BCUT2D eigenvalue weighted by Crippen LogP contribution is 2.22. The molecule has 0 aliphatic carbocycles. The number of carbonyl (C=O) groups is 1. The maximum Gasteiger partial charge on any atom is 0.256 e. The molecule has 6 heteroatoms. The highest BCUT2D eigenvalue weighted by Gasteiger charge is 2.29. The summed E-state index contributed by atoms with van der Waals surface area (Å²) >= 11 is 0. The van der Waals surface area contributed by atoms with Crippen LogP contribution >= 0.6 is 0 Å². The molecule has 1 N–H and O–H groups in total. The molecule has 1 aromatic carbocycles. The van der Waals surface area contributed by atoms with Gasteiger partial charge in [0.2, 0.25) is 0 Å². The van der Waals surface area contributed by atoms with E-state index < -0.39 is 6.10 Å². The summed E-state index contributed by atoms with van der Waals surface area (Å²) in [4.78, 5) is 14.6. The fraction of sp³-hybridized carbons (Fsp3) is 0.389. The van der Waals surface area contributed by atoms with E-state index in [2.05, 4.69) is 15.5 Å². The van der Waals surface area contributed by atoms with Crippen molar-refractivity contribution in [3.8, 4) is 0 Å². The molecule has 0 bridgehead atoms. The van der Waals surface area contributed by atoms with Crippen LogP contribution in [0.2, 0.25) is 0 Å². The average molecular weight is 326 g/mol. The van der Waals surface area contributed by atoms with Gasteiger partial charge in [0.25, 0.3) is 5.91 Å². The molecule has 2 aromatic rings. The van der Waals surface area contributed by atoms with E-state index in [1.54, 1.807) is 13.3 Å². The van der Waals surface area contributed by atoms with Crippen molar-refractivity contribution < 1.29 is 9.53 Å². The molecule has 6 nitrogen and oxygen atoms in total. The van der Waals surface area contributed by atoms with Crippen LogP contribution in [0.4, 0.5) is 5.82 Å². The number of nitrogens with zero attached hydrogens (tertiary/aromatic N) is 3. The minimum absolute atomic E-state index is 0.0293. The van der Waals surface area contributed by atoms with Gasteiger partial charge in [-0.25, -0.2) is 0 Å². The number of nitrogens with one attached hydrogen (secondary N) is 1. The minimum Gasteiger partial charge on any atom is -0.367 e. The monoisotopic (exact) mass is 326 g/mol. The van der Waals surface area contributed by atoms with Crippen molar-refractivity contribution in [1.82, 2.24) is 15.1 Å². The maximum atomic E-state index is 12.8. The lowest BCUT2D eigenvalue weighted by Crippen LogP contribution is -2.44. The van der Waals surface area contributed by atoms with E-state index in [0.717, 1.165) is 24.2 Å². The van der Waals surface area contributed by atoms with Crippen LogP contribution < -0.4 is 5.32 Å². The van der Waals surface area contributed by atoms with Gasteiger partial charge in [-0.15, -0.1) is 5.10 Å². The molecular weight excluding hydrogens is 304 g/mol. The number of rotatable bonds is 5. The van der Waals surface area contributed by atoms with Crippen LogP contribution in [0.3, 0.4) is 0 Å². The zero-order chi connectivity index (χ0) is 16.8. The Kier molecular flexibility index (Phi) is 5.38. The van der Waals surface area contributed by atoms with E-state index >= 15 is 0 Å². The number of piperidine rings is 1. The third kappa shape index (κ3) is 3.89. The number of methoxy groups -OCH3 is 1. The number of aromatic nitrogens is 2. The largest absolute Gasteiger partial charge is 0.367 e. The molecule has 2 heterocycles. The first-order valence-corrected chi connectivity index (χ1v) is 8.18. The fourth-order valence-corrected chi connectivity index (χ4v) is 3.00. The summed E-state index contributed by atoms with van der Waals surface area (Å²) in [6, 6.07) is 13.7. The lowest BCUT2D eigenvalue weighted by Gasteiger charge is -2.34. The van der Waals surface area contributed by atoms with Crippen molar-refractivity contribution in [2.24, 2.45) is 0 Å². The van der Waals surface area contributed by atoms with Crippen molar-refractivity contribution in [3.63, 3.8) is 0 Å². The third-order valence-electron chi connectivity index (χ3n) is 4.29. The summed E-state index contributed by atoms with van der Waals surface area (Å²) in [5.41, 5.74) is 0.893. The number of ether oxygens (including phenoxy) is 1. The molecule has 3 rings (SSSR count). The van der Waals surface area contributed by atoms with E-state index in [4.69, 9.17) is 4.74 Å². The number of amides is 1. The van der Waals surface area contributed by atoms with Gasteiger partial charge in [0.05, 0.1) is 0 Å². The zero-order valence-electron chi connectivity index (χ0n) is 13.8. The second-order valence-electron chi connectivity index (χ2n) is 5.88. The van der Waals surface area contributed by atoms with Crippen LogP contribution in [0.15, 0.2) is 48.7 Å². The number of benzene rings is 1. The van der Waals surface area contributed by atoms with Gasteiger partial charge in [0.15, 0.2) is 6.10 Å². The molecule has 0 unspecified atom stereocenters. The normalized spacial score (nSPS) is 16.6. The first-order valence-electron chi connectivity index (χ1n) is 8.18. The summed E-state index contributed by atoms with van der Waals surface area (Å²) in [5, 5.41) is 11.3. The van der Waals surface area contributed by atoms with E-state index in [-0.39, 0.29) is 5.91 Å². The first kappa shape index (κ1) is 16.4. The lowest BCUT2D eigenvalue weighted by atomic mass is 10.0. The van der Waals surface area contributed by atoms with Gasteiger partial charge in [-0.2, -0.15) is 5.10 Å². The summed E-state index contributed by atoms with van der Waals surface area (Å²) in [6.45, 7) is 1.42. The molecule has 0 spiro atoms. The van der Waals surface area contributed by atoms with Crippen molar-refractivity contribution in [2.45, 2.75) is 25.0 Å². The van der Waals surface area contributed by atoms with Gasteiger partial charge < -0.3 is 15.0 Å². The predicted octanol–water partition coefficient (Wildman–Crippen LogP) is 2.27. The molecule has 1 fully saturated rings. The van der Waals surface area contributed by atoms with Gasteiger partial charge in [-0.3, -0.25) is 4.79 Å². The number of anilines is 1. The predicted molar refractivity (Wildman–Crippen MR) is 91.4 cm³/mol. The van der Waals surface area contributed by atoms with Gasteiger partial charge in [0.1, 0.15) is 5.82 Å². The number of hydrogen-bond donors (Lipinski definition) is 1. The zero-order valence-corrected chi connectivity index (χ0v) is 13.8. The highest BCUT2D eigenvalue weighted by atomic mass is 16.5. The Morgan fingerprint density at radius 3 is 2.58 bits per heavy atom. The van der Waals surface area contributed by atoms with Crippen LogP contribution in [0.1, 0.15) is 24.5 Å². The standard InChI is InChI=1S/C18H22N4O2/c1-24-17(14-6-3-2-4-7-14)18(23)22-12-9-15(10-13-22)20-16-8-5-11-19-21-16/h2-8,11,15,17H,9-10,12-13H2,1H3,(H,20,21)/t17-/m1/s1. The first-order chi connectivity index (χ1) is 11.8. The molecule has 1 atom stereocenters. The summed E-state index contributed by atoms with van der Waals surface area (Å²) in [6.07, 6.45) is 2.89. The Morgan fingerprint density at radius 1 is 1.21 bits per heavy atom. The number of likely N-dealkylation sites (tertiary alicyclic amines) is 1. The van der Waals surface area contributed by atoms with Crippen LogP contribution in [0.5, 0.6) is 0 Å². The molecular formula is C18H22N4O2. The Labute approximate surface area is 141 Å². The molecule has 0 saturated carbocycles. The topological polar surface area (TPSA) is 67.3 Å². The van der Waals surface area contributed by atoms with E-state index in [9.17, 15) is 4.79 Å². The number of carbonyl (C=O) groups excluding carboxylic acids is 1. The van der Waals surface area contributed by atoms with E-state index in [0.29, 0.717) is 19.1 Å². The van der Waals surface area contributed by atoms with Gasteiger partial charge in [-0.1, -0.05) is 30.3 Å². The second-order valence-corrected chi connectivity index (χ2v) is 5.88. The molecule has 24 heavy (non-hydrogen) atoms. The smallest absolute Gasteiger partial charge is 0.256 e. The Bertz CT molecular complexity index is 643. The van der Waals surface area contributed by atoms with E-state index in [1.807, 2.05) is 47.4 Å². The van der Waals surface area contributed by atoms with Crippen LogP contribution in [0.25, 0.3) is 0 Å². The quantitative estimate of drug-likeness (QED) is 0.913. The lowest BCUT2D eigenvalue weighted by molar-refractivity contribution is -0.143. The second kappa shape index (κ2) is 7.88. The van der Waals surface area contributed by atoms with Crippen molar-refractivity contribution >= 4 is 11.7 Å². The molecule has 0 radical (unpaired) electrons. The molecule has 126 valence electrons. The van der Waals surface area contributed by atoms with Crippen LogP contribution in [-0.2, 0) is 9.53 Å². The molecule has 1 saturated heterocycles. The Balaban J connectivity index is 1.56. The molecule has 1 aliphatic heterocycles. The molecule has 1 amide bonds. The Morgan fingerprint density at radius 2 is 1.96 bits per heavy atom. The number of hydrogen-bond acceptors (Lipinski definition) is 5. The SMILES string of the molecule is CO[C@@H](C(=O)N1CCC(Nc2cccnn2)CC1)c1ccccc1. The summed E-state index contributed by atoms with van der Waals surface area (Å²) < 4.78 is 5.45. The van der Waals surface area contributed by atoms with Gasteiger partial charge >= 0.3 is 0 Å². The molecule has 1 aromatic heterocycles. The van der Waals surface area contributed by atoms with Crippen LogP contribution in [0, 0.1) is 0 Å². The van der Waals surface area contributed by atoms with Crippen molar-refractivity contribution in [2.75, 3.05) is 25.5 Å². The fourth-order valence-electron chi connectivity index (χ4n) is 3.00. The summed E-state index contributed by atoms with van der Waals surface area (Å²) in [7, 11) is 1.58. The minimum atomic E-state index is -0.532. The van der Waals surface area contributed by atoms with E-state index in [1.165, 1.54) is 0 Å². The van der Waals surface area contributed by atoms with Crippen molar-refractivity contribution in [1.29, 1.82) is 0 Å². The maximum absolute atomic E-state index is 12.8. The highest BCUT2D eigenvalue weighted by molar-refractivity contribution is 5.82.